The van der Waals surface area contributed by atoms with Crippen molar-refractivity contribution in [2.24, 2.45) is 5.92 Å². The average Bonchev–Trinajstić information content (AvgIpc) is 2.35. The van der Waals surface area contributed by atoms with E-state index in [-0.39, 0.29) is 11.2 Å². The molecule has 1 aromatic rings. The molecule has 0 aliphatic rings. The van der Waals surface area contributed by atoms with Crippen LogP contribution in [0.5, 0.6) is 0 Å². The molecule has 0 fully saturated rings. The second kappa shape index (κ2) is 7.84. The van der Waals surface area contributed by atoms with Gasteiger partial charge in [-0.1, -0.05) is 13.8 Å². The molecule has 0 aliphatic heterocycles. The highest BCUT2D eigenvalue weighted by Crippen LogP contribution is 2.11. The zero-order valence-corrected chi connectivity index (χ0v) is 13.0. The van der Waals surface area contributed by atoms with E-state index in [1.165, 1.54) is 0 Å². The fourth-order valence-corrected chi connectivity index (χ4v) is 1.47. The molecule has 0 saturated heterocycles. The quantitative estimate of drug-likeness (QED) is 0.786. The summed E-state index contributed by atoms with van der Waals surface area (Å²) in [6.45, 7) is 5.22. The van der Waals surface area contributed by atoms with Crippen LogP contribution >= 0.6 is 11.6 Å². The van der Waals surface area contributed by atoms with Crippen LogP contribution in [0.15, 0.2) is 0 Å². The van der Waals surface area contributed by atoms with Crippen LogP contribution in [0.2, 0.25) is 5.28 Å². The Bertz CT molecular complexity index is 452. The Morgan fingerprint density at radius 1 is 1.30 bits per heavy atom. The van der Waals surface area contributed by atoms with Crippen molar-refractivity contribution in [3.8, 4) is 0 Å². The summed E-state index contributed by atoms with van der Waals surface area (Å²) in [4.78, 5) is 25.4. The molecular formula is C12H21ClN6O. The van der Waals surface area contributed by atoms with Gasteiger partial charge in [0.25, 0.3) is 0 Å². The fraction of sp³-hybridized carbons (Fsp3) is 0.667. The lowest BCUT2D eigenvalue weighted by molar-refractivity contribution is -0.120. The van der Waals surface area contributed by atoms with Gasteiger partial charge in [0.1, 0.15) is 0 Å². The van der Waals surface area contributed by atoms with Crippen LogP contribution in [0, 0.1) is 5.92 Å². The third-order valence-electron chi connectivity index (χ3n) is 2.34. The van der Waals surface area contributed by atoms with E-state index < -0.39 is 0 Å². The van der Waals surface area contributed by atoms with Gasteiger partial charge in [0.05, 0.1) is 0 Å². The van der Waals surface area contributed by atoms with Crippen LogP contribution in [0.1, 0.15) is 20.3 Å². The van der Waals surface area contributed by atoms with Crippen LogP contribution in [0.3, 0.4) is 0 Å². The fourth-order valence-electron chi connectivity index (χ4n) is 1.31. The van der Waals surface area contributed by atoms with Gasteiger partial charge in [-0.15, -0.1) is 0 Å². The summed E-state index contributed by atoms with van der Waals surface area (Å²) in [5.74, 6) is 1.28. The van der Waals surface area contributed by atoms with Gasteiger partial charge >= 0.3 is 0 Å². The highest BCUT2D eigenvalue weighted by molar-refractivity contribution is 6.28. The topological polar surface area (TPSA) is 83.0 Å². The first-order valence-electron chi connectivity index (χ1n) is 6.48. The van der Waals surface area contributed by atoms with Crippen molar-refractivity contribution in [3.63, 3.8) is 0 Å². The molecule has 20 heavy (non-hydrogen) atoms. The Balaban J connectivity index is 2.44. The largest absolute Gasteiger partial charge is 0.356 e. The smallest absolute Gasteiger partial charge is 0.230 e. The number of halogens is 1. The third-order valence-corrected chi connectivity index (χ3v) is 2.51. The zero-order valence-electron chi connectivity index (χ0n) is 12.3. The van der Waals surface area contributed by atoms with E-state index in [9.17, 15) is 4.79 Å². The Morgan fingerprint density at radius 2 is 2.00 bits per heavy atom. The number of nitrogens with zero attached hydrogens (tertiary/aromatic N) is 4. The van der Waals surface area contributed by atoms with E-state index in [4.69, 9.17) is 11.6 Å². The summed E-state index contributed by atoms with van der Waals surface area (Å²) >= 11 is 5.81. The van der Waals surface area contributed by atoms with Crippen molar-refractivity contribution >= 4 is 29.4 Å². The average molecular weight is 301 g/mol. The van der Waals surface area contributed by atoms with Crippen LogP contribution in [-0.4, -0.2) is 48.0 Å². The monoisotopic (exact) mass is 300 g/mol. The maximum absolute atomic E-state index is 11.5. The molecule has 0 aromatic carbocycles. The molecule has 7 nitrogen and oxygen atoms in total. The van der Waals surface area contributed by atoms with Crippen molar-refractivity contribution in [2.45, 2.75) is 20.3 Å². The van der Waals surface area contributed by atoms with Gasteiger partial charge in [-0.05, 0) is 17.5 Å². The van der Waals surface area contributed by atoms with Crippen molar-refractivity contribution in [1.29, 1.82) is 0 Å². The molecule has 112 valence electrons. The number of anilines is 2. The maximum Gasteiger partial charge on any atom is 0.230 e. The summed E-state index contributed by atoms with van der Waals surface area (Å²) in [6.07, 6.45) is 0.354. The molecule has 1 aromatic heterocycles. The molecule has 1 rings (SSSR count). The number of hydrogen-bond donors (Lipinski definition) is 2. The maximum atomic E-state index is 11.5. The highest BCUT2D eigenvalue weighted by Gasteiger charge is 2.07. The summed E-state index contributed by atoms with van der Waals surface area (Å²) in [5.41, 5.74) is 0. The molecule has 0 atom stereocenters. The lowest BCUT2D eigenvalue weighted by Crippen LogP contribution is -2.28. The van der Waals surface area contributed by atoms with Crippen LogP contribution in [0.25, 0.3) is 0 Å². The number of hydrogen-bond acceptors (Lipinski definition) is 6. The molecule has 1 heterocycles. The minimum Gasteiger partial charge on any atom is -0.356 e. The summed E-state index contributed by atoms with van der Waals surface area (Å²) in [6, 6.07) is 0. The molecule has 0 spiro atoms. The third kappa shape index (κ3) is 6.01. The Hall–Kier alpha value is -1.63. The van der Waals surface area contributed by atoms with Crippen molar-refractivity contribution < 1.29 is 4.79 Å². The van der Waals surface area contributed by atoms with Gasteiger partial charge in [-0.3, -0.25) is 4.79 Å². The summed E-state index contributed by atoms with van der Waals surface area (Å²) in [5, 5.41) is 5.93. The van der Waals surface area contributed by atoms with Gasteiger partial charge in [-0.25, -0.2) is 0 Å². The molecule has 0 saturated carbocycles. The first kappa shape index (κ1) is 16.4. The first-order valence-corrected chi connectivity index (χ1v) is 6.85. The lowest BCUT2D eigenvalue weighted by atomic mass is 10.2. The molecular weight excluding hydrogens is 280 g/mol. The number of aromatic nitrogens is 3. The van der Waals surface area contributed by atoms with Gasteiger partial charge in [0.2, 0.25) is 23.1 Å². The lowest BCUT2D eigenvalue weighted by Gasteiger charge is -2.12. The molecule has 0 radical (unpaired) electrons. The molecule has 2 N–H and O–H groups in total. The summed E-state index contributed by atoms with van der Waals surface area (Å²) in [7, 11) is 3.63. The number of amides is 1. The first-order chi connectivity index (χ1) is 9.38. The van der Waals surface area contributed by atoms with Gasteiger partial charge in [0.15, 0.2) is 0 Å². The molecule has 8 heteroatoms. The predicted molar refractivity (Wildman–Crippen MR) is 80.1 cm³/mol. The van der Waals surface area contributed by atoms with Gasteiger partial charge in [0, 0.05) is 33.6 Å². The molecule has 1 amide bonds. The summed E-state index contributed by atoms with van der Waals surface area (Å²) < 4.78 is 0. The Kier molecular flexibility index (Phi) is 6.44. The molecule has 0 aliphatic carbocycles. The minimum absolute atomic E-state index is 0.000754. The van der Waals surface area contributed by atoms with E-state index in [1.54, 1.807) is 4.90 Å². The molecule has 0 unspecified atom stereocenters. The van der Waals surface area contributed by atoms with Crippen LogP contribution < -0.4 is 15.5 Å². The number of rotatable bonds is 7. The van der Waals surface area contributed by atoms with Crippen molar-refractivity contribution in [1.82, 2.24) is 20.3 Å². The van der Waals surface area contributed by atoms with Gasteiger partial charge < -0.3 is 15.5 Å². The van der Waals surface area contributed by atoms with Crippen LogP contribution in [-0.2, 0) is 4.79 Å². The van der Waals surface area contributed by atoms with E-state index in [2.05, 4.69) is 25.6 Å². The number of carbonyl (C=O) groups excluding carboxylic acids is 1. The molecule has 0 bridgehead atoms. The Morgan fingerprint density at radius 3 is 2.60 bits per heavy atom. The SMILES string of the molecule is CC(C)CNC(=O)CCNc1nc(Cl)nc(N(C)C)n1. The second-order valence-electron chi connectivity index (χ2n) is 5.00. The zero-order chi connectivity index (χ0) is 15.1. The highest BCUT2D eigenvalue weighted by atomic mass is 35.5. The number of nitrogens with one attached hydrogen (secondary N) is 2. The normalized spacial score (nSPS) is 10.5. The predicted octanol–water partition coefficient (Wildman–Crippen LogP) is 1.17. The minimum atomic E-state index is -0.000754. The Labute approximate surface area is 124 Å². The van der Waals surface area contributed by atoms with E-state index in [1.807, 2.05) is 27.9 Å². The van der Waals surface area contributed by atoms with E-state index in [0.29, 0.717) is 37.3 Å². The van der Waals surface area contributed by atoms with Crippen LogP contribution in [0.4, 0.5) is 11.9 Å². The van der Waals surface area contributed by atoms with Crippen molar-refractivity contribution in [3.05, 3.63) is 5.28 Å². The second-order valence-corrected chi connectivity index (χ2v) is 5.34. The standard InChI is InChI=1S/C12H21ClN6O/c1-8(2)7-15-9(20)5-6-14-11-16-10(13)17-12(18-11)19(3)4/h8H,5-7H2,1-4H3,(H,15,20)(H,14,16,17,18). The number of carbonyl (C=O) groups is 1. The van der Waals surface area contributed by atoms with E-state index >= 15 is 0 Å². The van der Waals surface area contributed by atoms with Crippen molar-refractivity contribution in [2.75, 3.05) is 37.4 Å². The van der Waals surface area contributed by atoms with Gasteiger partial charge in [-0.2, -0.15) is 15.0 Å². The van der Waals surface area contributed by atoms with E-state index in [0.717, 1.165) is 0 Å².